The van der Waals surface area contributed by atoms with Crippen LogP contribution in [-0.2, 0) is 26.2 Å². The number of nitrogens with zero attached hydrogens (tertiary/aromatic N) is 5. The Morgan fingerprint density at radius 1 is 1.29 bits per heavy atom. The maximum Gasteiger partial charge on any atom is 0.332 e. The summed E-state index contributed by atoms with van der Waals surface area (Å²) in [6, 6.07) is -1.38. The van der Waals surface area contributed by atoms with Gasteiger partial charge in [0.1, 0.15) is 17.7 Å². The Bertz CT molecular complexity index is 983. The summed E-state index contributed by atoms with van der Waals surface area (Å²) in [6.45, 7) is 5.91. The quantitative estimate of drug-likeness (QED) is 0.183. The molecule has 0 spiro atoms. The number of hydrogen-bond donors (Lipinski definition) is 2. The van der Waals surface area contributed by atoms with Gasteiger partial charge in [-0.2, -0.15) is 5.10 Å². The summed E-state index contributed by atoms with van der Waals surface area (Å²) < 4.78 is 7.00. The number of rotatable bonds is 8. The molecule has 0 saturated carbocycles. The highest BCUT2D eigenvalue weighted by Crippen LogP contribution is 2.42. The van der Waals surface area contributed by atoms with E-state index in [1.165, 1.54) is 0 Å². The molecule has 35 heavy (non-hydrogen) atoms. The lowest BCUT2D eigenvalue weighted by Crippen LogP contribution is -2.44. The SMILES string of the molecule is CN=C(NOC(=O)CCCCC[C@H](N)C(=O)OC(C)(C)C)[C@@H]1c2c(cnn2C)[C@@H]2CN1C(=O)N2C. The molecule has 3 rings (SSSR count). The van der Waals surface area contributed by atoms with Crippen LogP contribution in [0.2, 0.25) is 0 Å². The molecule has 2 aliphatic heterocycles. The van der Waals surface area contributed by atoms with Crippen molar-refractivity contribution in [3.8, 4) is 0 Å². The van der Waals surface area contributed by atoms with E-state index < -0.39 is 29.6 Å². The van der Waals surface area contributed by atoms with Crippen LogP contribution in [0.4, 0.5) is 4.79 Å². The van der Waals surface area contributed by atoms with Crippen LogP contribution in [0.15, 0.2) is 11.2 Å². The summed E-state index contributed by atoms with van der Waals surface area (Å²) >= 11 is 0. The number of carbonyl (C=O) groups excluding carboxylic acids is 3. The molecule has 3 atom stereocenters. The highest BCUT2D eigenvalue weighted by molar-refractivity contribution is 5.94. The van der Waals surface area contributed by atoms with E-state index in [2.05, 4.69) is 15.6 Å². The molecule has 2 bridgehead atoms. The number of unbranched alkanes of at least 4 members (excludes halogenated alkanes) is 2. The van der Waals surface area contributed by atoms with Crippen molar-refractivity contribution in [2.75, 3.05) is 20.6 Å². The van der Waals surface area contributed by atoms with E-state index in [0.717, 1.165) is 17.7 Å². The maximum absolute atomic E-state index is 12.8. The summed E-state index contributed by atoms with van der Waals surface area (Å²) in [5, 5.41) is 4.36. The molecule has 12 nitrogen and oxygen atoms in total. The molecule has 2 amide bonds. The lowest BCUT2D eigenvalue weighted by atomic mass is 9.97. The van der Waals surface area contributed by atoms with Gasteiger partial charge in [0.05, 0.1) is 17.9 Å². The smallest absolute Gasteiger partial charge is 0.332 e. The number of nitrogens with two attached hydrogens (primary N) is 1. The van der Waals surface area contributed by atoms with E-state index in [1.807, 2.05) is 7.05 Å². The normalized spacial score (nSPS) is 20.5. The van der Waals surface area contributed by atoms with Crippen molar-refractivity contribution < 1.29 is 24.0 Å². The maximum atomic E-state index is 12.8. The third-order valence-corrected chi connectivity index (χ3v) is 6.20. The predicted molar refractivity (Wildman–Crippen MR) is 128 cm³/mol. The average Bonchev–Trinajstić information content (AvgIpc) is 3.28. The fourth-order valence-corrected chi connectivity index (χ4v) is 4.42. The molecule has 0 aromatic carbocycles. The number of amidine groups is 1. The van der Waals surface area contributed by atoms with Crippen LogP contribution >= 0.6 is 0 Å². The molecule has 0 radical (unpaired) electrons. The van der Waals surface area contributed by atoms with Crippen LogP contribution in [0, 0.1) is 0 Å². The molecule has 3 heterocycles. The van der Waals surface area contributed by atoms with Crippen molar-refractivity contribution in [1.82, 2.24) is 25.1 Å². The number of likely N-dealkylation sites (N-methyl/N-ethyl adjacent to an activating group) is 1. The van der Waals surface area contributed by atoms with E-state index in [0.29, 0.717) is 31.6 Å². The summed E-state index contributed by atoms with van der Waals surface area (Å²) in [6.07, 6.45) is 4.46. The van der Waals surface area contributed by atoms with Gasteiger partial charge in [-0.3, -0.25) is 14.5 Å². The highest BCUT2D eigenvalue weighted by Gasteiger charge is 2.49. The number of hydrogen-bond acceptors (Lipinski definition) is 8. The number of urea groups is 1. The van der Waals surface area contributed by atoms with Crippen molar-refractivity contribution in [2.45, 2.75) is 76.6 Å². The minimum atomic E-state index is -0.675. The van der Waals surface area contributed by atoms with Gasteiger partial charge in [0.15, 0.2) is 5.84 Å². The van der Waals surface area contributed by atoms with E-state index in [4.69, 9.17) is 15.3 Å². The second-order valence-corrected chi connectivity index (χ2v) is 10.00. The summed E-state index contributed by atoms with van der Waals surface area (Å²) in [4.78, 5) is 49.9. The van der Waals surface area contributed by atoms with Crippen molar-refractivity contribution in [1.29, 1.82) is 0 Å². The molecular weight excluding hydrogens is 454 g/mol. The first-order valence-corrected chi connectivity index (χ1v) is 11.9. The summed E-state index contributed by atoms with van der Waals surface area (Å²) in [5.74, 6) is -0.499. The number of aromatic nitrogens is 2. The van der Waals surface area contributed by atoms with Crippen LogP contribution in [0.5, 0.6) is 0 Å². The molecule has 3 N–H and O–H groups in total. The van der Waals surface area contributed by atoms with Gasteiger partial charge in [-0.1, -0.05) is 12.8 Å². The Hall–Kier alpha value is -3.15. The van der Waals surface area contributed by atoms with Gasteiger partial charge in [-0.15, -0.1) is 0 Å². The number of hydroxylamine groups is 1. The zero-order valence-corrected chi connectivity index (χ0v) is 21.4. The fourth-order valence-electron chi connectivity index (χ4n) is 4.42. The molecule has 1 aromatic rings. The zero-order chi connectivity index (χ0) is 25.9. The van der Waals surface area contributed by atoms with Gasteiger partial charge >= 0.3 is 18.0 Å². The lowest BCUT2D eigenvalue weighted by molar-refractivity contribution is -0.156. The van der Waals surface area contributed by atoms with E-state index >= 15 is 0 Å². The minimum Gasteiger partial charge on any atom is -0.459 e. The molecule has 12 heteroatoms. The van der Waals surface area contributed by atoms with Crippen LogP contribution in [0.1, 0.15) is 76.2 Å². The standard InChI is InChI=1S/C23H37N7O5/c1-23(2,3)34-21(32)15(24)10-8-7-9-11-17(31)35-27-20(25-4)19-18-14(12-26-29(18)6)16-13-30(19)22(33)28(16)5/h12,15-16,19H,7-11,13,24H2,1-6H3,(H,25,27)/t15-,16-,19-/m0/s1. The Morgan fingerprint density at radius 3 is 2.66 bits per heavy atom. The van der Waals surface area contributed by atoms with Crippen molar-refractivity contribution in [2.24, 2.45) is 17.8 Å². The second kappa shape index (κ2) is 10.6. The van der Waals surface area contributed by atoms with Gasteiger partial charge in [0.2, 0.25) is 0 Å². The molecule has 0 aliphatic carbocycles. The third-order valence-electron chi connectivity index (χ3n) is 6.20. The molecule has 1 fully saturated rings. The minimum absolute atomic E-state index is 0.0634. The Morgan fingerprint density at radius 2 is 2.00 bits per heavy atom. The number of aliphatic imine (C=N–C) groups is 1. The predicted octanol–water partition coefficient (Wildman–Crippen LogP) is 1.58. The molecule has 1 aromatic heterocycles. The summed E-state index contributed by atoms with van der Waals surface area (Å²) in [5.41, 5.74) is 9.79. The number of amides is 2. The molecular formula is C23H37N7O5. The lowest BCUT2D eigenvalue weighted by Gasteiger charge is -2.32. The van der Waals surface area contributed by atoms with Crippen LogP contribution in [0.3, 0.4) is 0 Å². The van der Waals surface area contributed by atoms with Crippen molar-refractivity contribution >= 4 is 23.8 Å². The number of ether oxygens (including phenoxy) is 1. The van der Waals surface area contributed by atoms with Gasteiger partial charge < -0.3 is 25.1 Å². The van der Waals surface area contributed by atoms with Crippen LogP contribution in [-0.4, -0.2) is 75.7 Å². The highest BCUT2D eigenvalue weighted by atomic mass is 16.7. The van der Waals surface area contributed by atoms with E-state index in [1.54, 1.807) is 55.5 Å². The third kappa shape index (κ3) is 5.92. The van der Waals surface area contributed by atoms with Crippen molar-refractivity contribution in [3.05, 3.63) is 17.5 Å². The topological polar surface area (TPSA) is 144 Å². The Balaban J connectivity index is 1.47. The number of fused-ring (bicyclic) bond motifs is 4. The van der Waals surface area contributed by atoms with Crippen LogP contribution in [0.25, 0.3) is 0 Å². The molecule has 2 aliphatic rings. The monoisotopic (exact) mass is 491 g/mol. The summed E-state index contributed by atoms with van der Waals surface area (Å²) in [7, 11) is 5.16. The fraction of sp³-hybridized carbons (Fsp3) is 0.696. The molecule has 0 unspecified atom stereocenters. The van der Waals surface area contributed by atoms with Crippen LogP contribution < -0.4 is 11.2 Å². The largest absolute Gasteiger partial charge is 0.459 e. The number of nitrogens with one attached hydrogen (secondary N) is 1. The number of carbonyl (C=O) groups is 3. The van der Waals surface area contributed by atoms with E-state index in [-0.39, 0.29) is 18.5 Å². The first-order valence-electron chi connectivity index (χ1n) is 11.9. The first-order chi connectivity index (χ1) is 16.4. The van der Waals surface area contributed by atoms with Crippen molar-refractivity contribution in [3.63, 3.8) is 0 Å². The van der Waals surface area contributed by atoms with Gasteiger partial charge in [-0.25, -0.2) is 15.1 Å². The molecule has 194 valence electrons. The number of esters is 1. The zero-order valence-electron chi connectivity index (χ0n) is 21.4. The molecule has 1 saturated heterocycles. The van der Waals surface area contributed by atoms with Gasteiger partial charge in [0.25, 0.3) is 0 Å². The average molecular weight is 492 g/mol. The van der Waals surface area contributed by atoms with E-state index in [9.17, 15) is 14.4 Å². The van der Waals surface area contributed by atoms with Gasteiger partial charge in [-0.05, 0) is 33.6 Å². The Labute approximate surface area is 205 Å². The first kappa shape index (κ1) is 26.5. The number of aryl methyl sites for hydroxylation is 1. The second-order valence-electron chi connectivity index (χ2n) is 10.00. The Kier molecular flexibility index (Phi) is 8.04. The van der Waals surface area contributed by atoms with Gasteiger partial charge in [0, 0.05) is 39.7 Å².